The Balaban J connectivity index is 1.51. The first-order valence-electron chi connectivity index (χ1n) is 11.1. The zero-order chi connectivity index (χ0) is 25.7. The Kier molecular flexibility index (Phi) is 7.54. The summed E-state index contributed by atoms with van der Waals surface area (Å²) in [5.41, 5.74) is 0.429. The monoisotopic (exact) mass is 499 g/mol. The zero-order valence-electron chi connectivity index (χ0n) is 19.8. The Morgan fingerprint density at radius 1 is 1.11 bits per heavy atom. The lowest BCUT2D eigenvalue weighted by Gasteiger charge is -2.27. The van der Waals surface area contributed by atoms with E-state index in [4.69, 9.17) is 18.6 Å². The largest absolute Gasteiger partial charge is 0.493 e. The standard InChI is InChI=1S/C24H25N3O9/c1-32-18-5-3-4-15(21(18)35-14-20(28)26-8-10-34-11-9-26)12-17-22(29)27(24(31)25-17)13-16-6-7-19(36-16)23(30)33-2/h3-7,12H,8-11,13-14H2,1-2H3,(H,25,31)/b17-12+. The quantitative estimate of drug-likeness (QED) is 0.325. The van der Waals surface area contributed by atoms with Gasteiger partial charge < -0.3 is 33.6 Å². The van der Waals surface area contributed by atoms with Crippen molar-refractivity contribution in [1.82, 2.24) is 15.1 Å². The van der Waals surface area contributed by atoms with E-state index in [1.165, 1.54) is 32.4 Å². The molecular formula is C24H25N3O9. The van der Waals surface area contributed by atoms with E-state index in [-0.39, 0.29) is 42.0 Å². The van der Waals surface area contributed by atoms with Crippen LogP contribution in [0.2, 0.25) is 0 Å². The molecule has 0 aliphatic carbocycles. The van der Waals surface area contributed by atoms with E-state index in [1.807, 2.05) is 0 Å². The van der Waals surface area contributed by atoms with Gasteiger partial charge in [-0.25, -0.2) is 9.59 Å². The van der Waals surface area contributed by atoms with Gasteiger partial charge in [-0.2, -0.15) is 0 Å². The molecule has 3 heterocycles. The number of ether oxygens (including phenoxy) is 4. The number of morpholine rings is 1. The molecule has 2 saturated heterocycles. The molecule has 4 amide bonds. The second-order valence-corrected chi connectivity index (χ2v) is 7.80. The van der Waals surface area contributed by atoms with Crippen LogP contribution in [0.4, 0.5) is 4.79 Å². The molecule has 0 unspecified atom stereocenters. The summed E-state index contributed by atoms with van der Waals surface area (Å²) in [5, 5.41) is 2.52. The minimum atomic E-state index is -0.670. The molecule has 2 aliphatic heterocycles. The fourth-order valence-electron chi connectivity index (χ4n) is 3.70. The van der Waals surface area contributed by atoms with Crippen LogP contribution in [0.15, 0.2) is 40.4 Å². The van der Waals surface area contributed by atoms with Gasteiger partial charge in [-0.05, 0) is 24.3 Å². The minimum Gasteiger partial charge on any atom is -0.493 e. The molecule has 0 saturated carbocycles. The van der Waals surface area contributed by atoms with Gasteiger partial charge in [-0.15, -0.1) is 0 Å². The third-order valence-corrected chi connectivity index (χ3v) is 5.56. The SMILES string of the molecule is COC(=O)c1ccc(CN2C(=O)N/C(=C/c3cccc(OC)c3OCC(=O)N3CCOCC3)C2=O)o1. The molecule has 2 aromatic rings. The highest BCUT2D eigenvalue weighted by molar-refractivity contribution is 6.14. The van der Waals surface area contributed by atoms with Crippen molar-refractivity contribution in [2.45, 2.75) is 6.54 Å². The summed E-state index contributed by atoms with van der Waals surface area (Å²) in [6.07, 6.45) is 1.44. The summed E-state index contributed by atoms with van der Waals surface area (Å²) in [7, 11) is 2.67. The lowest BCUT2D eigenvalue weighted by Crippen LogP contribution is -2.43. The maximum absolute atomic E-state index is 13.0. The Morgan fingerprint density at radius 2 is 1.89 bits per heavy atom. The predicted molar refractivity (Wildman–Crippen MR) is 123 cm³/mol. The number of carbonyl (C=O) groups excluding carboxylic acids is 4. The summed E-state index contributed by atoms with van der Waals surface area (Å²) in [4.78, 5) is 52.1. The Morgan fingerprint density at radius 3 is 2.61 bits per heavy atom. The Labute approximate surface area is 206 Å². The van der Waals surface area contributed by atoms with Crippen LogP contribution in [0.25, 0.3) is 6.08 Å². The summed E-state index contributed by atoms with van der Waals surface area (Å²) >= 11 is 0. The first kappa shape index (κ1) is 24.8. The molecule has 0 spiro atoms. The number of urea groups is 1. The topological polar surface area (TPSA) is 137 Å². The fraction of sp³-hybridized carbons (Fsp3) is 0.333. The molecule has 0 atom stereocenters. The van der Waals surface area contributed by atoms with E-state index in [1.54, 1.807) is 23.1 Å². The second-order valence-electron chi connectivity index (χ2n) is 7.80. The van der Waals surface area contributed by atoms with Crippen LogP contribution < -0.4 is 14.8 Å². The number of para-hydroxylation sites is 1. The smallest absolute Gasteiger partial charge is 0.373 e. The van der Waals surface area contributed by atoms with Crippen molar-refractivity contribution >= 4 is 29.9 Å². The number of imide groups is 1. The molecule has 2 fully saturated rings. The lowest BCUT2D eigenvalue weighted by atomic mass is 10.1. The van der Waals surface area contributed by atoms with Crippen LogP contribution in [0.1, 0.15) is 21.9 Å². The molecule has 36 heavy (non-hydrogen) atoms. The fourth-order valence-corrected chi connectivity index (χ4v) is 3.70. The van der Waals surface area contributed by atoms with Gasteiger partial charge in [-0.1, -0.05) is 12.1 Å². The molecule has 4 rings (SSSR count). The maximum atomic E-state index is 13.0. The van der Waals surface area contributed by atoms with E-state index in [0.29, 0.717) is 37.6 Å². The first-order valence-corrected chi connectivity index (χ1v) is 11.1. The van der Waals surface area contributed by atoms with Crippen LogP contribution in [0, 0.1) is 0 Å². The van der Waals surface area contributed by atoms with Crippen LogP contribution in [0.5, 0.6) is 11.5 Å². The van der Waals surface area contributed by atoms with Gasteiger partial charge in [0.15, 0.2) is 18.1 Å². The molecule has 12 heteroatoms. The maximum Gasteiger partial charge on any atom is 0.373 e. The van der Waals surface area contributed by atoms with Crippen molar-refractivity contribution < 1.29 is 42.5 Å². The van der Waals surface area contributed by atoms with Gasteiger partial charge in [0, 0.05) is 18.7 Å². The normalized spacial score (nSPS) is 16.8. The molecule has 0 bridgehead atoms. The van der Waals surface area contributed by atoms with Gasteiger partial charge in [0.2, 0.25) is 5.76 Å². The van der Waals surface area contributed by atoms with Gasteiger partial charge in [0.05, 0.1) is 34.0 Å². The minimum absolute atomic E-state index is 0.00245. The van der Waals surface area contributed by atoms with Crippen LogP contribution in [-0.2, 0) is 25.6 Å². The summed E-state index contributed by atoms with van der Waals surface area (Å²) < 4.78 is 26.4. The molecule has 1 N–H and O–H groups in total. The van der Waals surface area contributed by atoms with Crippen molar-refractivity contribution in [2.24, 2.45) is 0 Å². The number of methoxy groups -OCH3 is 2. The third-order valence-electron chi connectivity index (χ3n) is 5.56. The number of nitrogens with zero attached hydrogens (tertiary/aromatic N) is 2. The van der Waals surface area contributed by atoms with Crippen molar-refractivity contribution in [3.05, 3.63) is 53.1 Å². The van der Waals surface area contributed by atoms with Crippen molar-refractivity contribution in [1.29, 1.82) is 0 Å². The average molecular weight is 499 g/mol. The summed E-state index contributed by atoms with van der Waals surface area (Å²) in [6, 6.07) is 7.24. The first-order chi connectivity index (χ1) is 17.4. The highest BCUT2D eigenvalue weighted by Crippen LogP contribution is 2.33. The molecule has 1 aromatic heterocycles. The number of hydrogen-bond donors (Lipinski definition) is 1. The van der Waals surface area contributed by atoms with Crippen molar-refractivity contribution in [2.75, 3.05) is 47.1 Å². The van der Waals surface area contributed by atoms with Gasteiger partial charge in [0.1, 0.15) is 11.5 Å². The average Bonchev–Trinajstić information content (AvgIpc) is 3.48. The highest BCUT2D eigenvalue weighted by Gasteiger charge is 2.35. The lowest BCUT2D eigenvalue weighted by molar-refractivity contribution is -0.137. The Bertz CT molecular complexity index is 1200. The number of benzene rings is 1. The van der Waals surface area contributed by atoms with E-state index in [0.717, 1.165) is 4.90 Å². The van der Waals surface area contributed by atoms with Crippen molar-refractivity contribution in [3.63, 3.8) is 0 Å². The van der Waals surface area contributed by atoms with E-state index >= 15 is 0 Å². The number of carbonyl (C=O) groups is 4. The van der Waals surface area contributed by atoms with Crippen LogP contribution in [0.3, 0.4) is 0 Å². The number of esters is 1. The van der Waals surface area contributed by atoms with E-state index < -0.39 is 17.9 Å². The van der Waals surface area contributed by atoms with Crippen molar-refractivity contribution in [3.8, 4) is 11.5 Å². The summed E-state index contributed by atoms with van der Waals surface area (Å²) in [6.45, 7) is 1.49. The molecule has 2 aliphatic rings. The van der Waals surface area contributed by atoms with Crippen LogP contribution in [-0.4, -0.2) is 80.7 Å². The molecule has 1 aromatic carbocycles. The van der Waals surface area contributed by atoms with E-state index in [2.05, 4.69) is 10.1 Å². The number of rotatable bonds is 8. The van der Waals surface area contributed by atoms with Crippen LogP contribution >= 0.6 is 0 Å². The molecule has 0 radical (unpaired) electrons. The Hall–Kier alpha value is -4.32. The van der Waals surface area contributed by atoms with Gasteiger partial charge in [0.25, 0.3) is 11.8 Å². The molecule has 190 valence electrons. The summed E-state index contributed by atoms with van der Waals surface area (Å²) in [5.74, 6) is -0.677. The van der Waals surface area contributed by atoms with E-state index in [9.17, 15) is 19.2 Å². The van der Waals surface area contributed by atoms with Gasteiger partial charge >= 0.3 is 12.0 Å². The predicted octanol–water partition coefficient (Wildman–Crippen LogP) is 1.41. The number of hydrogen-bond acceptors (Lipinski definition) is 9. The third kappa shape index (κ3) is 5.33. The number of nitrogens with one attached hydrogen (secondary N) is 1. The number of amides is 4. The highest BCUT2D eigenvalue weighted by atomic mass is 16.5. The molecule has 12 nitrogen and oxygen atoms in total. The van der Waals surface area contributed by atoms with Gasteiger partial charge in [-0.3, -0.25) is 14.5 Å². The molecular weight excluding hydrogens is 474 g/mol. The number of furan rings is 1. The zero-order valence-corrected chi connectivity index (χ0v) is 19.8. The second kappa shape index (κ2) is 11.0.